The number of carbonyl (C=O) groups is 1. The van der Waals surface area contributed by atoms with Crippen LogP contribution in [0.5, 0.6) is 5.75 Å². The van der Waals surface area contributed by atoms with Crippen molar-refractivity contribution in [1.82, 2.24) is 0 Å². The van der Waals surface area contributed by atoms with Crippen LogP contribution < -0.4 is 4.74 Å². The molecule has 0 N–H and O–H groups in total. The van der Waals surface area contributed by atoms with Crippen LogP contribution in [0.3, 0.4) is 0 Å². The number of ether oxygens (including phenoxy) is 1. The highest BCUT2D eigenvalue weighted by Crippen LogP contribution is 2.31. The fourth-order valence-corrected chi connectivity index (χ4v) is 1.86. The average Bonchev–Trinajstić information content (AvgIpc) is 2.07. The molecule has 0 heterocycles. The predicted molar refractivity (Wildman–Crippen MR) is 64.6 cm³/mol. The first kappa shape index (κ1) is 11.5. The molecule has 1 aromatic rings. The van der Waals surface area contributed by atoms with Crippen molar-refractivity contribution in [3.63, 3.8) is 0 Å². The number of hydrogen-bond acceptors (Lipinski definition) is 2. The molecule has 2 nitrogen and oxygen atoms in total. The van der Waals surface area contributed by atoms with Crippen molar-refractivity contribution in [1.29, 1.82) is 0 Å². The van der Waals surface area contributed by atoms with Gasteiger partial charge in [0.15, 0.2) is 0 Å². The zero-order chi connectivity index (χ0) is 10.7. The van der Waals surface area contributed by atoms with Crippen LogP contribution in [0.25, 0.3) is 0 Å². The molecule has 0 saturated heterocycles. The number of halogens is 1. The van der Waals surface area contributed by atoms with Gasteiger partial charge in [0.25, 0.3) is 0 Å². The Morgan fingerprint density at radius 1 is 1.43 bits per heavy atom. The molecule has 0 bridgehead atoms. The van der Waals surface area contributed by atoms with E-state index in [0.29, 0.717) is 11.7 Å². The number of rotatable bonds is 2. The first-order chi connectivity index (χ1) is 6.52. The van der Waals surface area contributed by atoms with Crippen LogP contribution in [-0.4, -0.2) is 5.97 Å². The number of esters is 1. The Morgan fingerprint density at radius 2 is 2.07 bits per heavy atom. The van der Waals surface area contributed by atoms with E-state index in [9.17, 15) is 4.79 Å². The predicted octanol–water partition coefficient (Wildman–Crippen LogP) is 3.34. The molecule has 3 heteroatoms. The molecule has 0 radical (unpaired) electrons. The van der Waals surface area contributed by atoms with E-state index in [1.54, 1.807) is 0 Å². The standard InChI is InChI=1S/C11H13IO2/c1-7(2)9-5-4-6-10(12)11(9)14-8(3)13/h4-7H,1-3H3. The molecule has 14 heavy (non-hydrogen) atoms. The lowest BCUT2D eigenvalue weighted by Crippen LogP contribution is -2.06. The summed E-state index contributed by atoms with van der Waals surface area (Å²) in [4.78, 5) is 10.9. The highest BCUT2D eigenvalue weighted by molar-refractivity contribution is 14.1. The van der Waals surface area contributed by atoms with Gasteiger partial charge in [-0.15, -0.1) is 0 Å². The second-order valence-corrected chi connectivity index (χ2v) is 4.57. The number of benzene rings is 1. The Morgan fingerprint density at radius 3 is 2.57 bits per heavy atom. The van der Waals surface area contributed by atoms with Crippen molar-refractivity contribution >= 4 is 28.6 Å². The van der Waals surface area contributed by atoms with Crippen molar-refractivity contribution in [2.24, 2.45) is 0 Å². The van der Waals surface area contributed by atoms with Gasteiger partial charge in [0, 0.05) is 6.92 Å². The van der Waals surface area contributed by atoms with Crippen molar-refractivity contribution in [3.05, 3.63) is 27.3 Å². The Kier molecular flexibility index (Phi) is 3.92. The van der Waals surface area contributed by atoms with Crippen LogP contribution in [0.4, 0.5) is 0 Å². The Bertz CT molecular complexity index is 345. The molecule has 0 atom stereocenters. The highest BCUT2D eigenvalue weighted by atomic mass is 127. The molecule has 0 spiro atoms. The summed E-state index contributed by atoms with van der Waals surface area (Å²) in [5.41, 5.74) is 1.08. The lowest BCUT2D eigenvalue weighted by atomic mass is 10.0. The smallest absolute Gasteiger partial charge is 0.308 e. The number of para-hydroxylation sites is 1. The van der Waals surface area contributed by atoms with E-state index in [1.807, 2.05) is 18.2 Å². The van der Waals surface area contributed by atoms with Gasteiger partial charge in [-0.2, -0.15) is 0 Å². The molecule has 0 aromatic heterocycles. The summed E-state index contributed by atoms with van der Waals surface area (Å²) >= 11 is 2.18. The third kappa shape index (κ3) is 2.70. The van der Waals surface area contributed by atoms with E-state index in [1.165, 1.54) is 6.92 Å². The van der Waals surface area contributed by atoms with Gasteiger partial charge < -0.3 is 4.74 Å². The molecular formula is C11H13IO2. The van der Waals surface area contributed by atoms with E-state index < -0.39 is 0 Å². The lowest BCUT2D eigenvalue weighted by molar-refractivity contribution is -0.132. The van der Waals surface area contributed by atoms with Crippen LogP contribution in [-0.2, 0) is 4.79 Å². The molecular weight excluding hydrogens is 291 g/mol. The van der Waals surface area contributed by atoms with Gasteiger partial charge in [0.2, 0.25) is 0 Å². The van der Waals surface area contributed by atoms with E-state index in [4.69, 9.17) is 4.74 Å². The largest absolute Gasteiger partial charge is 0.425 e. The molecule has 76 valence electrons. The second kappa shape index (κ2) is 4.77. The molecule has 0 saturated carbocycles. The molecule has 1 aromatic carbocycles. The normalized spacial score (nSPS) is 10.4. The van der Waals surface area contributed by atoms with Crippen LogP contribution in [0, 0.1) is 3.57 Å². The van der Waals surface area contributed by atoms with Gasteiger partial charge in [0.05, 0.1) is 3.57 Å². The SMILES string of the molecule is CC(=O)Oc1c(I)cccc1C(C)C. The molecule has 0 aliphatic carbocycles. The van der Waals surface area contributed by atoms with Gasteiger partial charge in [-0.3, -0.25) is 4.79 Å². The Balaban J connectivity index is 3.15. The zero-order valence-corrected chi connectivity index (χ0v) is 10.7. The van der Waals surface area contributed by atoms with Gasteiger partial charge >= 0.3 is 5.97 Å². The van der Waals surface area contributed by atoms with Gasteiger partial charge in [-0.05, 0) is 40.1 Å². The lowest BCUT2D eigenvalue weighted by Gasteiger charge is -2.13. The fourth-order valence-electron chi connectivity index (χ4n) is 1.23. The first-order valence-electron chi connectivity index (χ1n) is 4.49. The fraction of sp³-hybridized carbons (Fsp3) is 0.364. The van der Waals surface area contributed by atoms with Crippen molar-refractivity contribution < 1.29 is 9.53 Å². The molecule has 1 rings (SSSR count). The van der Waals surface area contributed by atoms with E-state index in [2.05, 4.69) is 36.4 Å². The summed E-state index contributed by atoms with van der Waals surface area (Å²) in [7, 11) is 0. The molecule has 0 aliphatic heterocycles. The third-order valence-electron chi connectivity index (χ3n) is 1.87. The molecule has 0 unspecified atom stereocenters. The summed E-state index contributed by atoms with van der Waals surface area (Å²) in [5.74, 6) is 0.797. The monoisotopic (exact) mass is 304 g/mol. The van der Waals surface area contributed by atoms with Gasteiger partial charge in [-0.1, -0.05) is 26.0 Å². The maximum atomic E-state index is 10.9. The maximum Gasteiger partial charge on any atom is 0.308 e. The number of carbonyl (C=O) groups excluding carboxylic acids is 1. The summed E-state index contributed by atoms with van der Waals surface area (Å²) in [6.07, 6.45) is 0. The zero-order valence-electron chi connectivity index (χ0n) is 8.50. The molecule has 0 fully saturated rings. The topological polar surface area (TPSA) is 26.3 Å². The minimum atomic E-state index is -0.268. The summed E-state index contributed by atoms with van der Waals surface area (Å²) in [6.45, 7) is 5.59. The van der Waals surface area contributed by atoms with Crippen molar-refractivity contribution in [2.45, 2.75) is 26.7 Å². The van der Waals surface area contributed by atoms with Crippen molar-refractivity contribution in [2.75, 3.05) is 0 Å². The van der Waals surface area contributed by atoms with E-state index >= 15 is 0 Å². The Labute approximate surface area is 97.8 Å². The highest BCUT2D eigenvalue weighted by Gasteiger charge is 2.12. The molecule has 0 amide bonds. The van der Waals surface area contributed by atoms with Gasteiger partial charge in [-0.25, -0.2) is 0 Å². The minimum absolute atomic E-state index is 0.268. The van der Waals surface area contributed by atoms with Crippen molar-refractivity contribution in [3.8, 4) is 5.75 Å². The minimum Gasteiger partial charge on any atom is -0.425 e. The third-order valence-corrected chi connectivity index (χ3v) is 2.71. The van der Waals surface area contributed by atoms with E-state index in [-0.39, 0.29) is 5.97 Å². The second-order valence-electron chi connectivity index (χ2n) is 3.41. The first-order valence-corrected chi connectivity index (χ1v) is 5.57. The Hall–Kier alpha value is -0.580. The average molecular weight is 304 g/mol. The van der Waals surface area contributed by atoms with Crippen LogP contribution in [0.2, 0.25) is 0 Å². The summed E-state index contributed by atoms with van der Waals surface area (Å²) < 4.78 is 6.17. The van der Waals surface area contributed by atoms with E-state index in [0.717, 1.165) is 9.13 Å². The van der Waals surface area contributed by atoms with Crippen LogP contribution in [0.15, 0.2) is 18.2 Å². The number of hydrogen-bond donors (Lipinski definition) is 0. The quantitative estimate of drug-likeness (QED) is 0.476. The molecule has 0 aliphatic rings. The summed E-state index contributed by atoms with van der Waals surface area (Å²) in [5, 5.41) is 0. The summed E-state index contributed by atoms with van der Waals surface area (Å²) in [6, 6.07) is 5.90. The van der Waals surface area contributed by atoms with Gasteiger partial charge in [0.1, 0.15) is 5.75 Å². The van der Waals surface area contributed by atoms with Crippen LogP contribution >= 0.6 is 22.6 Å². The maximum absolute atomic E-state index is 10.9. The van der Waals surface area contributed by atoms with Crippen LogP contribution in [0.1, 0.15) is 32.3 Å².